The van der Waals surface area contributed by atoms with E-state index in [0.29, 0.717) is 18.0 Å². The van der Waals surface area contributed by atoms with Crippen molar-refractivity contribution in [1.29, 1.82) is 0 Å². The van der Waals surface area contributed by atoms with Crippen molar-refractivity contribution in [3.63, 3.8) is 0 Å². The predicted octanol–water partition coefficient (Wildman–Crippen LogP) is 2.86. The normalized spacial score (nSPS) is 23.9. The second-order valence-electron chi connectivity index (χ2n) is 8.46. The third-order valence-electron chi connectivity index (χ3n) is 5.90. The summed E-state index contributed by atoms with van der Waals surface area (Å²) in [5, 5.41) is 7.13. The summed E-state index contributed by atoms with van der Waals surface area (Å²) in [6.07, 6.45) is 5.50. The van der Waals surface area contributed by atoms with Gasteiger partial charge in [0.15, 0.2) is 0 Å². The first kappa shape index (κ1) is 18.9. The van der Waals surface area contributed by atoms with Crippen molar-refractivity contribution >= 4 is 11.8 Å². The molecule has 1 atom stereocenters. The third kappa shape index (κ3) is 4.10. The SMILES string of the molecule is CCc1cc(C(=O)N2CCC[C@@]3(CCC(=O)N(CCC(C)C)C3)C2)n[nH]1. The molecule has 6 heteroatoms. The molecule has 2 fully saturated rings. The van der Waals surface area contributed by atoms with E-state index in [-0.39, 0.29) is 17.2 Å². The minimum atomic E-state index is 0.0191. The zero-order chi connectivity index (χ0) is 18.7. The van der Waals surface area contributed by atoms with E-state index < -0.39 is 0 Å². The standard InChI is InChI=1S/C20H32N4O2/c1-4-16-12-17(22-21-16)19(26)24-10-5-8-20(14-24)9-6-18(25)23(13-20)11-7-15(2)3/h12,15H,4-11,13-14H2,1-3H3,(H,21,22)/t20-/m0/s1. The Labute approximate surface area is 156 Å². The van der Waals surface area contributed by atoms with Crippen LogP contribution in [-0.2, 0) is 11.2 Å². The molecule has 2 aliphatic rings. The number of aromatic nitrogens is 2. The molecule has 0 unspecified atom stereocenters. The van der Waals surface area contributed by atoms with Crippen LogP contribution in [0.4, 0.5) is 0 Å². The fourth-order valence-electron chi connectivity index (χ4n) is 4.25. The summed E-state index contributed by atoms with van der Waals surface area (Å²) in [6, 6.07) is 1.86. The van der Waals surface area contributed by atoms with Crippen molar-refractivity contribution in [2.45, 2.75) is 59.3 Å². The molecule has 0 bridgehead atoms. The quantitative estimate of drug-likeness (QED) is 0.878. The molecule has 0 saturated carbocycles. The van der Waals surface area contributed by atoms with Crippen molar-refractivity contribution in [3.8, 4) is 0 Å². The van der Waals surface area contributed by atoms with Crippen molar-refractivity contribution < 1.29 is 9.59 Å². The Balaban J connectivity index is 1.68. The smallest absolute Gasteiger partial charge is 0.274 e. The van der Waals surface area contributed by atoms with Crippen LogP contribution >= 0.6 is 0 Å². The number of likely N-dealkylation sites (tertiary alicyclic amines) is 2. The molecule has 2 saturated heterocycles. The van der Waals surface area contributed by atoms with Crippen LogP contribution in [-0.4, -0.2) is 58.0 Å². The Hall–Kier alpha value is -1.85. The van der Waals surface area contributed by atoms with Gasteiger partial charge in [-0.1, -0.05) is 20.8 Å². The maximum Gasteiger partial charge on any atom is 0.274 e. The zero-order valence-corrected chi connectivity index (χ0v) is 16.4. The Morgan fingerprint density at radius 2 is 2.15 bits per heavy atom. The van der Waals surface area contributed by atoms with Gasteiger partial charge in [-0.25, -0.2) is 0 Å². The lowest BCUT2D eigenvalue weighted by molar-refractivity contribution is -0.139. The number of aromatic amines is 1. The average Bonchev–Trinajstić information content (AvgIpc) is 3.11. The van der Waals surface area contributed by atoms with E-state index in [4.69, 9.17) is 0 Å². The van der Waals surface area contributed by atoms with Gasteiger partial charge >= 0.3 is 0 Å². The van der Waals surface area contributed by atoms with Crippen LogP contribution in [0.25, 0.3) is 0 Å². The van der Waals surface area contributed by atoms with Crippen molar-refractivity contribution in [3.05, 3.63) is 17.5 Å². The number of nitrogens with one attached hydrogen (secondary N) is 1. The number of hydrogen-bond acceptors (Lipinski definition) is 3. The minimum Gasteiger partial charge on any atom is -0.342 e. The summed E-state index contributed by atoms with van der Waals surface area (Å²) in [5.74, 6) is 0.891. The highest BCUT2D eigenvalue weighted by atomic mass is 16.2. The molecule has 2 aliphatic heterocycles. The number of carbonyl (C=O) groups is 2. The van der Waals surface area contributed by atoms with Gasteiger partial charge in [0, 0.05) is 43.7 Å². The van der Waals surface area contributed by atoms with Gasteiger partial charge < -0.3 is 9.80 Å². The van der Waals surface area contributed by atoms with E-state index >= 15 is 0 Å². The topological polar surface area (TPSA) is 69.3 Å². The summed E-state index contributed by atoms with van der Waals surface area (Å²) < 4.78 is 0. The lowest BCUT2D eigenvalue weighted by Crippen LogP contribution is -2.55. The fraction of sp³-hybridized carbons (Fsp3) is 0.750. The van der Waals surface area contributed by atoms with E-state index in [1.54, 1.807) is 0 Å². The van der Waals surface area contributed by atoms with Crippen LogP contribution in [0.5, 0.6) is 0 Å². The molecule has 1 spiro atoms. The number of piperidine rings is 2. The van der Waals surface area contributed by atoms with Crippen LogP contribution in [0, 0.1) is 11.3 Å². The number of H-pyrrole nitrogens is 1. The molecule has 1 aromatic heterocycles. The van der Waals surface area contributed by atoms with Crippen molar-refractivity contribution in [1.82, 2.24) is 20.0 Å². The predicted molar refractivity (Wildman–Crippen MR) is 101 cm³/mol. The highest BCUT2D eigenvalue weighted by Gasteiger charge is 2.42. The molecule has 2 amide bonds. The van der Waals surface area contributed by atoms with E-state index in [1.165, 1.54) is 0 Å². The lowest BCUT2D eigenvalue weighted by Gasteiger charge is -2.48. The largest absolute Gasteiger partial charge is 0.342 e. The maximum absolute atomic E-state index is 12.9. The van der Waals surface area contributed by atoms with Gasteiger partial charge in [-0.15, -0.1) is 0 Å². The third-order valence-corrected chi connectivity index (χ3v) is 5.90. The lowest BCUT2D eigenvalue weighted by atomic mass is 9.73. The molecule has 3 heterocycles. The van der Waals surface area contributed by atoms with Crippen molar-refractivity contribution in [2.24, 2.45) is 11.3 Å². The number of carbonyl (C=O) groups excluding carboxylic acids is 2. The fourth-order valence-corrected chi connectivity index (χ4v) is 4.25. The second-order valence-corrected chi connectivity index (χ2v) is 8.46. The minimum absolute atomic E-state index is 0.0191. The summed E-state index contributed by atoms with van der Waals surface area (Å²) in [7, 11) is 0. The monoisotopic (exact) mass is 360 g/mol. The molecule has 144 valence electrons. The summed E-state index contributed by atoms with van der Waals surface area (Å²) in [6.45, 7) is 9.59. The van der Waals surface area contributed by atoms with Gasteiger partial charge in [0.05, 0.1) is 0 Å². The van der Waals surface area contributed by atoms with Crippen LogP contribution in [0.3, 0.4) is 0 Å². The Morgan fingerprint density at radius 3 is 2.85 bits per heavy atom. The highest BCUT2D eigenvalue weighted by molar-refractivity contribution is 5.92. The molecule has 6 nitrogen and oxygen atoms in total. The molecule has 0 aliphatic carbocycles. The first-order chi connectivity index (χ1) is 12.4. The van der Waals surface area contributed by atoms with E-state index in [0.717, 1.165) is 64.0 Å². The van der Waals surface area contributed by atoms with Gasteiger partial charge in [-0.05, 0) is 44.1 Å². The molecule has 3 rings (SSSR count). The highest BCUT2D eigenvalue weighted by Crippen LogP contribution is 2.39. The Morgan fingerprint density at radius 1 is 1.35 bits per heavy atom. The van der Waals surface area contributed by atoms with E-state index in [1.807, 2.05) is 22.8 Å². The first-order valence-corrected chi connectivity index (χ1v) is 10.0. The molecular formula is C20H32N4O2. The Bertz CT molecular complexity index is 654. The van der Waals surface area contributed by atoms with Gasteiger partial charge in [-0.2, -0.15) is 5.10 Å². The molecule has 0 aromatic carbocycles. The second kappa shape index (κ2) is 7.80. The van der Waals surface area contributed by atoms with Crippen LogP contribution in [0.2, 0.25) is 0 Å². The van der Waals surface area contributed by atoms with E-state index in [2.05, 4.69) is 24.0 Å². The molecule has 26 heavy (non-hydrogen) atoms. The van der Waals surface area contributed by atoms with Gasteiger partial charge in [0.25, 0.3) is 5.91 Å². The average molecular weight is 361 g/mol. The number of amides is 2. The van der Waals surface area contributed by atoms with E-state index in [9.17, 15) is 9.59 Å². The zero-order valence-electron chi connectivity index (χ0n) is 16.4. The summed E-state index contributed by atoms with van der Waals surface area (Å²) >= 11 is 0. The van der Waals surface area contributed by atoms with Gasteiger partial charge in [0.2, 0.25) is 5.91 Å². The van der Waals surface area contributed by atoms with Crippen molar-refractivity contribution in [2.75, 3.05) is 26.2 Å². The molecule has 1 aromatic rings. The Kier molecular flexibility index (Phi) is 5.68. The number of nitrogens with zero attached hydrogens (tertiary/aromatic N) is 3. The summed E-state index contributed by atoms with van der Waals surface area (Å²) in [4.78, 5) is 29.2. The van der Waals surface area contributed by atoms with Gasteiger partial charge in [-0.3, -0.25) is 14.7 Å². The summed E-state index contributed by atoms with van der Waals surface area (Å²) in [5.41, 5.74) is 1.56. The molecule has 0 radical (unpaired) electrons. The van der Waals surface area contributed by atoms with Gasteiger partial charge in [0.1, 0.15) is 5.69 Å². The van der Waals surface area contributed by atoms with Crippen LogP contribution in [0.15, 0.2) is 6.07 Å². The number of aryl methyl sites for hydroxylation is 1. The van der Waals surface area contributed by atoms with Crippen LogP contribution in [0.1, 0.15) is 69.1 Å². The number of hydrogen-bond donors (Lipinski definition) is 1. The van der Waals surface area contributed by atoms with Crippen LogP contribution < -0.4 is 0 Å². The maximum atomic E-state index is 12.9. The first-order valence-electron chi connectivity index (χ1n) is 10.0. The molecular weight excluding hydrogens is 328 g/mol. The number of rotatable bonds is 5. The molecule has 1 N–H and O–H groups in total.